The Morgan fingerprint density at radius 1 is 0.870 bits per heavy atom. The number of aromatic nitrogens is 1. The summed E-state index contributed by atoms with van der Waals surface area (Å²) in [5.74, 6) is -1.42. The van der Waals surface area contributed by atoms with Crippen molar-refractivity contribution in [3.05, 3.63) is 109 Å². The van der Waals surface area contributed by atoms with Crippen molar-refractivity contribution in [2.75, 3.05) is 37.6 Å². The van der Waals surface area contributed by atoms with Crippen LogP contribution in [0.1, 0.15) is 40.4 Å². The number of carbonyl (C=O) groups is 2. The molecule has 2 fully saturated rings. The quantitative estimate of drug-likeness (QED) is 0.184. The third kappa shape index (κ3) is 7.60. The van der Waals surface area contributed by atoms with E-state index in [4.69, 9.17) is 0 Å². The Labute approximate surface area is 281 Å². The van der Waals surface area contributed by atoms with E-state index in [1.165, 1.54) is 12.3 Å². The number of anilines is 1. The standard InChI is InChI=1S/C33H30Br2FN7O3/c34-23-5-1-21(2-6-23)17-37-39-31(44)20-41-11-13-42(14-12-41)30-16-29-26(15-28(30)36)32(45)27(19-43(29)25-9-10-25)33(46)40-38-18-22-3-7-24(35)8-4-22/h1-8,15-19,25H,9-14,20H2,(H,39,44)(H,40,46)/b37-17-,38-18+. The van der Waals surface area contributed by atoms with Crippen LogP contribution in [0.25, 0.3) is 10.9 Å². The number of amides is 2. The lowest BCUT2D eigenvalue weighted by atomic mass is 10.1. The minimum atomic E-state index is -0.654. The number of rotatable bonds is 9. The van der Waals surface area contributed by atoms with E-state index >= 15 is 4.39 Å². The number of nitrogens with zero attached hydrogens (tertiary/aromatic N) is 5. The largest absolute Gasteiger partial charge is 0.367 e. The van der Waals surface area contributed by atoms with Crippen molar-refractivity contribution in [3.8, 4) is 0 Å². The molecule has 1 saturated heterocycles. The molecular weight excluding hydrogens is 721 g/mol. The summed E-state index contributed by atoms with van der Waals surface area (Å²) in [6.07, 6.45) is 6.44. The summed E-state index contributed by atoms with van der Waals surface area (Å²) in [6, 6.07) is 18.0. The highest BCUT2D eigenvalue weighted by atomic mass is 79.9. The van der Waals surface area contributed by atoms with Gasteiger partial charge in [0, 0.05) is 52.7 Å². The van der Waals surface area contributed by atoms with Crippen LogP contribution in [0.2, 0.25) is 0 Å². The van der Waals surface area contributed by atoms with Crippen LogP contribution in [0.3, 0.4) is 0 Å². The maximum absolute atomic E-state index is 15.6. The van der Waals surface area contributed by atoms with Gasteiger partial charge in [0.25, 0.3) is 11.8 Å². The highest BCUT2D eigenvalue weighted by Gasteiger charge is 2.29. The Morgan fingerprint density at radius 2 is 1.46 bits per heavy atom. The number of nitrogens with one attached hydrogen (secondary N) is 2. The summed E-state index contributed by atoms with van der Waals surface area (Å²) in [5.41, 5.74) is 6.97. The van der Waals surface area contributed by atoms with E-state index in [2.05, 4.69) is 52.9 Å². The SMILES string of the molecule is O=C(CN1CCN(c2cc3c(cc2F)c(=O)c(C(=O)N/N=C/c2ccc(Br)cc2)cn3C2CC2)CC1)N/N=C\c1ccc(Br)cc1. The van der Waals surface area contributed by atoms with Gasteiger partial charge < -0.3 is 9.47 Å². The van der Waals surface area contributed by atoms with E-state index in [0.717, 1.165) is 32.9 Å². The second-order valence-corrected chi connectivity index (χ2v) is 13.0. The van der Waals surface area contributed by atoms with Crippen LogP contribution in [-0.2, 0) is 4.79 Å². The predicted molar refractivity (Wildman–Crippen MR) is 184 cm³/mol. The molecule has 2 amide bonds. The molecule has 46 heavy (non-hydrogen) atoms. The monoisotopic (exact) mass is 749 g/mol. The summed E-state index contributed by atoms with van der Waals surface area (Å²) < 4.78 is 19.4. The summed E-state index contributed by atoms with van der Waals surface area (Å²) >= 11 is 6.76. The van der Waals surface area contributed by atoms with Crippen molar-refractivity contribution in [3.63, 3.8) is 0 Å². The smallest absolute Gasteiger partial charge is 0.276 e. The molecule has 1 aliphatic heterocycles. The van der Waals surface area contributed by atoms with Crippen molar-refractivity contribution >= 4 is 72.7 Å². The second kappa shape index (κ2) is 14.1. The molecule has 1 aliphatic carbocycles. The van der Waals surface area contributed by atoms with Crippen molar-refractivity contribution in [2.24, 2.45) is 10.2 Å². The minimum absolute atomic E-state index is 0.0902. The van der Waals surface area contributed by atoms with Gasteiger partial charge in [0.2, 0.25) is 5.43 Å². The molecule has 0 radical (unpaired) electrons. The van der Waals surface area contributed by atoms with Gasteiger partial charge >= 0.3 is 0 Å². The first kappa shape index (κ1) is 31.8. The van der Waals surface area contributed by atoms with E-state index in [9.17, 15) is 14.4 Å². The average molecular weight is 751 g/mol. The molecule has 10 nitrogen and oxygen atoms in total. The Morgan fingerprint density at radius 3 is 2.04 bits per heavy atom. The number of benzene rings is 3. The Bertz CT molecular complexity index is 1880. The zero-order valence-corrected chi connectivity index (χ0v) is 27.8. The van der Waals surface area contributed by atoms with Gasteiger partial charge in [0.05, 0.1) is 30.2 Å². The molecule has 0 bridgehead atoms. The number of fused-ring (bicyclic) bond motifs is 1. The fourth-order valence-corrected chi connectivity index (χ4v) is 5.83. The molecule has 0 atom stereocenters. The first-order valence-corrected chi connectivity index (χ1v) is 16.4. The summed E-state index contributed by atoms with van der Waals surface area (Å²) in [4.78, 5) is 42.8. The first-order chi connectivity index (χ1) is 22.2. The van der Waals surface area contributed by atoms with Gasteiger partial charge in [-0.15, -0.1) is 0 Å². The number of halogens is 3. The lowest BCUT2D eigenvalue weighted by Gasteiger charge is -2.36. The van der Waals surface area contributed by atoms with Crippen LogP contribution in [0.5, 0.6) is 0 Å². The number of piperazine rings is 1. The number of pyridine rings is 1. The molecule has 236 valence electrons. The van der Waals surface area contributed by atoms with E-state index in [1.807, 2.05) is 62.9 Å². The van der Waals surface area contributed by atoms with Gasteiger partial charge in [-0.1, -0.05) is 56.1 Å². The molecule has 1 aromatic heterocycles. The molecule has 6 rings (SSSR count). The van der Waals surface area contributed by atoms with Crippen molar-refractivity contribution in [1.82, 2.24) is 20.3 Å². The number of carbonyl (C=O) groups excluding carboxylic acids is 2. The predicted octanol–water partition coefficient (Wildman–Crippen LogP) is 5.04. The van der Waals surface area contributed by atoms with Gasteiger partial charge in [-0.2, -0.15) is 10.2 Å². The van der Waals surface area contributed by atoms with Crippen LogP contribution in [0, 0.1) is 5.82 Å². The summed E-state index contributed by atoms with van der Waals surface area (Å²) in [5, 5.41) is 8.18. The molecule has 1 saturated carbocycles. The Kier molecular flexibility index (Phi) is 9.71. The van der Waals surface area contributed by atoms with Crippen LogP contribution < -0.4 is 21.2 Å². The molecule has 2 aliphatic rings. The van der Waals surface area contributed by atoms with Gasteiger partial charge in [-0.25, -0.2) is 15.2 Å². The summed E-state index contributed by atoms with van der Waals surface area (Å²) in [7, 11) is 0. The molecule has 2 heterocycles. The minimum Gasteiger partial charge on any atom is -0.367 e. The van der Waals surface area contributed by atoms with Gasteiger partial charge in [-0.05, 0) is 60.4 Å². The van der Waals surface area contributed by atoms with E-state index < -0.39 is 17.2 Å². The van der Waals surface area contributed by atoms with Crippen LogP contribution in [0.4, 0.5) is 10.1 Å². The van der Waals surface area contributed by atoms with Gasteiger partial charge in [0.1, 0.15) is 11.4 Å². The second-order valence-electron chi connectivity index (χ2n) is 11.2. The van der Waals surface area contributed by atoms with Gasteiger partial charge in [-0.3, -0.25) is 19.3 Å². The number of hydrazone groups is 2. The third-order valence-electron chi connectivity index (χ3n) is 7.89. The van der Waals surface area contributed by atoms with E-state index in [-0.39, 0.29) is 29.4 Å². The number of hydrogen-bond acceptors (Lipinski definition) is 7. The summed E-state index contributed by atoms with van der Waals surface area (Å²) in [6.45, 7) is 2.28. The fourth-order valence-electron chi connectivity index (χ4n) is 5.31. The van der Waals surface area contributed by atoms with Crippen molar-refractivity contribution in [1.29, 1.82) is 0 Å². The molecule has 3 aromatic carbocycles. The molecule has 13 heteroatoms. The third-order valence-corrected chi connectivity index (χ3v) is 8.95. The highest BCUT2D eigenvalue weighted by Crippen LogP contribution is 2.38. The number of hydrogen-bond donors (Lipinski definition) is 2. The average Bonchev–Trinajstić information content (AvgIpc) is 3.89. The lowest BCUT2D eigenvalue weighted by Crippen LogP contribution is -2.49. The Balaban J connectivity index is 1.12. The first-order valence-electron chi connectivity index (χ1n) is 14.8. The molecule has 4 aromatic rings. The van der Waals surface area contributed by atoms with Crippen LogP contribution in [-0.4, -0.2) is 66.4 Å². The normalized spacial score (nSPS) is 15.6. The van der Waals surface area contributed by atoms with Crippen molar-refractivity contribution < 1.29 is 14.0 Å². The topological polar surface area (TPSA) is 111 Å². The van der Waals surface area contributed by atoms with Crippen molar-refractivity contribution in [2.45, 2.75) is 18.9 Å². The highest BCUT2D eigenvalue weighted by molar-refractivity contribution is 9.10. The zero-order valence-electron chi connectivity index (χ0n) is 24.6. The lowest BCUT2D eigenvalue weighted by molar-refractivity contribution is -0.122. The molecule has 2 N–H and O–H groups in total. The van der Waals surface area contributed by atoms with Gasteiger partial charge in [0.15, 0.2) is 0 Å². The van der Waals surface area contributed by atoms with Crippen LogP contribution >= 0.6 is 31.9 Å². The Hall–Kier alpha value is -4.20. The van der Waals surface area contributed by atoms with E-state index in [0.29, 0.717) is 37.4 Å². The molecular formula is C33H30Br2FN7O3. The van der Waals surface area contributed by atoms with E-state index in [1.54, 1.807) is 18.5 Å². The maximum atomic E-state index is 15.6. The zero-order chi connectivity index (χ0) is 32.2. The fraction of sp³-hybridized carbons (Fsp3) is 0.242. The molecule has 0 spiro atoms. The van der Waals surface area contributed by atoms with Crippen LogP contribution in [0.15, 0.2) is 90.8 Å². The maximum Gasteiger partial charge on any atom is 0.276 e. The molecule has 0 unspecified atom stereocenters.